The maximum Gasteiger partial charge on any atom is -1.00 e. The van der Waals surface area contributed by atoms with Crippen LogP contribution in [0, 0.1) is 0 Å². The topological polar surface area (TPSA) is 0 Å². The molecule has 0 saturated heterocycles. The molecule has 36 valence electrons. The van der Waals surface area contributed by atoms with Gasteiger partial charge in [0.05, 0.1) is 0 Å². The van der Waals surface area contributed by atoms with E-state index in [0.29, 0.717) is 0 Å². The fraction of sp³-hybridized carbons (Fsp3) is 0. The van der Waals surface area contributed by atoms with Gasteiger partial charge < -0.3 is 2.85 Å². The van der Waals surface area contributed by atoms with Crippen molar-refractivity contribution in [2.45, 2.75) is 0 Å². The van der Waals surface area contributed by atoms with Crippen LogP contribution in [0.1, 0.15) is 2.85 Å². The first kappa shape index (κ1) is 10.8. The van der Waals surface area contributed by atoms with E-state index < -0.39 is 22.7 Å². The van der Waals surface area contributed by atoms with E-state index in [2.05, 4.69) is 0 Å². The SMILES string of the molecule is [Ca+2].[F][Zr]([F])([F])[F].[H-].[H-]. The molecule has 0 bridgehead atoms. The first-order valence-electron chi connectivity index (χ1n) is 0.756. The molecule has 0 N–H and O–H groups in total. The normalized spacial score (nSPS) is 10.0. The molecule has 0 radical (unpaired) electrons. The molecule has 0 spiro atoms. The summed E-state index contributed by atoms with van der Waals surface area (Å²) in [4.78, 5) is 0. The van der Waals surface area contributed by atoms with Crippen LogP contribution in [0.25, 0.3) is 0 Å². The average Bonchev–Trinajstić information content (AvgIpc) is 0.722. The summed E-state index contributed by atoms with van der Waals surface area (Å²) in [5, 5.41) is 0. The number of rotatable bonds is 0. The van der Waals surface area contributed by atoms with Gasteiger partial charge in [0.1, 0.15) is 0 Å². The molecular weight excluding hydrogens is 207 g/mol. The van der Waals surface area contributed by atoms with E-state index in [1.165, 1.54) is 0 Å². The Morgan fingerprint density at radius 2 is 1.00 bits per heavy atom. The Bertz CT molecular complexity index is 29.5. The summed E-state index contributed by atoms with van der Waals surface area (Å²) in [7, 11) is 0. The Balaban J connectivity index is -0.0000000267. The molecular formula is H2CaF4Zr. The third-order valence-electron chi connectivity index (χ3n) is 0. The Morgan fingerprint density at radius 3 is 1.00 bits per heavy atom. The van der Waals surface area contributed by atoms with Crippen LogP contribution in [0.5, 0.6) is 0 Å². The van der Waals surface area contributed by atoms with Crippen LogP contribution < -0.4 is 0 Å². The van der Waals surface area contributed by atoms with E-state index in [9.17, 15) is 10.5 Å². The van der Waals surface area contributed by atoms with E-state index in [1.807, 2.05) is 0 Å². The van der Waals surface area contributed by atoms with Crippen molar-refractivity contribution in [2.75, 3.05) is 0 Å². The van der Waals surface area contributed by atoms with Crippen LogP contribution in [0.4, 0.5) is 10.5 Å². The molecule has 0 saturated carbocycles. The van der Waals surface area contributed by atoms with Crippen LogP contribution >= 0.6 is 0 Å². The van der Waals surface area contributed by atoms with Crippen molar-refractivity contribution in [3.63, 3.8) is 0 Å². The number of hydrogen-bond acceptors (Lipinski definition) is 0. The predicted octanol–water partition coefficient (Wildman–Crippen LogP) is 1.52. The molecule has 0 aromatic rings. The van der Waals surface area contributed by atoms with E-state index in [1.54, 1.807) is 0 Å². The summed E-state index contributed by atoms with van der Waals surface area (Å²) >= 11 is -7.18. The van der Waals surface area contributed by atoms with E-state index >= 15 is 0 Å². The van der Waals surface area contributed by atoms with Gasteiger partial charge >= 0.3 is 70.9 Å². The first-order chi connectivity index (χ1) is 2.00. The Kier molecular flexibility index (Phi) is 6.85. The van der Waals surface area contributed by atoms with Gasteiger partial charge in [0.2, 0.25) is 0 Å². The molecule has 0 aliphatic heterocycles. The van der Waals surface area contributed by atoms with Crippen molar-refractivity contribution in [3.05, 3.63) is 0 Å². The zero-order chi connectivity index (χ0) is 4.50. The molecule has 6 heteroatoms. The van der Waals surface area contributed by atoms with Crippen LogP contribution in [0.2, 0.25) is 0 Å². The molecule has 0 aromatic heterocycles. The quantitative estimate of drug-likeness (QED) is 0.419. The van der Waals surface area contributed by atoms with Crippen molar-refractivity contribution in [3.8, 4) is 0 Å². The van der Waals surface area contributed by atoms with Crippen molar-refractivity contribution < 1.29 is 36.1 Å². The van der Waals surface area contributed by atoms with Gasteiger partial charge in [-0.15, -0.1) is 0 Å². The minimum Gasteiger partial charge on any atom is -1.00 e. The summed E-state index contributed by atoms with van der Waals surface area (Å²) in [6, 6.07) is 0. The zero-order valence-electron chi connectivity index (χ0n) is 4.72. The molecule has 0 aromatic carbocycles. The van der Waals surface area contributed by atoms with Gasteiger partial charge in [0.25, 0.3) is 0 Å². The van der Waals surface area contributed by atoms with Crippen molar-refractivity contribution in [1.29, 1.82) is 0 Å². The first-order valence-corrected chi connectivity index (χ1v) is 4.47. The largest absolute Gasteiger partial charge is 1.00 e. The monoisotopic (exact) mass is 208 g/mol. The van der Waals surface area contributed by atoms with E-state index in [-0.39, 0.29) is 40.6 Å². The fourth-order valence-corrected chi connectivity index (χ4v) is 0. The van der Waals surface area contributed by atoms with Crippen LogP contribution in [-0.2, 0) is 22.7 Å². The average molecular weight is 209 g/mol. The fourth-order valence-electron chi connectivity index (χ4n) is 0. The molecule has 0 rings (SSSR count). The Morgan fingerprint density at radius 1 is 1.00 bits per heavy atom. The van der Waals surface area contributed by atoms with Crippen molar-refractivity contribution in [2.24, 2.45) is 0 Å². The minimum atomic E-state index is -7.18. The number of halogens is 4. The van der Waals surface area contributed by atoms with Gasteiger partial charge in [0, 0.05) is 0 Å². The molecule has 0 aliphatic rings. The molecule has 6 heavy (non-hydrogen) atoms. The summed E-state index contributed by atoms with van der Waals surface area (Å²) in [6.07, 6.45) is 0. The third kappa shape index (κ3) is 40.0. The Labute approximate surface area is 72.8 Å². The van der Waals surface area contributed by atoms with E-state index in [0.717, 1.165) is 0 Å². The molecule has 0 amide bonds. The van der Waals surface area contributed by atoms with Gasteiger partial charge in [-0.25, -0.2) is 0 Å². The van der Waals surface area contributed by atoms with Crippen LogP contribution in [0.3, 0.4) is 0 Å². The van der Waals surface area contributed by atoms with Gasteiger partial charge in [-0.2, -0.15) is 0 Å². The van der Waals surface area contributed by atoms with Crippen LogP contribution in [0.15, 0.2) is 0 Å². The summed E-state index contributed by atoms with van der Waals surface area (Å²) in [6.45, 7) is 0. The van der Waals surface area contributed by atoms with Gasteiger partial charge in [0.15, 0.2) is 0 Å². The van der Waals surface area contributed by atoms with Gasteiger partial charge in [-0.3, -0.25) is 0 Å². The molecule has 0 nitrogen and oxygen atoms in total. The number of hydrogen-bond donors (Lipinski definition) is 0. The van der Waals surface area contributed by atoms with Gasteiger partial charge in [-0.05, 0) is 0 Å². The minimum absolute atomic E-state index is 0. The van der Waals surface area contributed by atoms with Crippen LogP contribution in [-0.4, -0.2) is 37.7 Å². The van der Waals surface area contributed by atoms with Crippen molar-refractivity contribution in [1.82, 2.24) is 0 Å². The Hall–Kier alpha value is 1.86. The third-order valence-corrected chi connectivity index (χ3v) is 0. The summed E-state index contributed by atoms with van der Waals surface area (Å²) < 4.78 is 39.6. The standard InChI is InChI=1S/Ca.4FH.Zr.2H/h;4*1H;;;/q+2;;;;;+4;2*-1/p-4. The molecule has 0 fully saturated rings. The predicted molar refractivity (Wildman–Crippen MR) is 12.4 cm³/mol. The second kappa shape index (κ2) is 3.82. The molecule has 0 unspecified atom stereocenters. The maximum atomic E-state index is 9.90. The molecule has 0 atom stereocenters. The second-order valence-electron chi connectivity index (χ2n) is 0.429. The van der Waals surface area contributed by atoms with Gasteiger partial charge in [-0.1, -0.05) is 0 Å². The summed E-state index contributed by atoms with van der Waals surface area (Å²) in [5.74, 6) is 0. The second-order valence-corrected chi connectivity index (χ2v) is 2.54. The molecule has 0 heterocycles. The smallest absolute Gasteiger partial charge is 1.00 e. The summed E-state index contributed by atoms with van der Waals surface area (Å²) in [5.41, 5.74) is 0. The maximum absolute atomic E-state index is 9.90. The van der Waals surface area contributed by atoms with E-state index in [4.69, 9.17) is 0 Å². The zero-order valence-corrected chi connectivity index (χ0v) is 7.39. The van der Waals surface area contributed by atoms with Crippen molar-refractivity contribution >= 4 is 37.7 Å². The molecule has 0 aliphatic carbocycles.